The zero-order valence-corrected chi connectivity index (χ0v) is 14.5. The molecule has 0 aliphatic heterocycles. The van der Waals surface area contributed by atoms with E-state index in [9.17, 15) is 0 Å². The van der Waals surface area contributed by atoms with Gasteiger partial charge in [-0.25, -0.2) is 0 Å². The number of halogens is 1. The molecule has 0 bridgehead atoms. The molecule has 2 aromatic carbocycles. The molecule has 2 aromatic rings. The molecular weight excluding hydrogens is 294 g/mol. The SMILES string of the molecule is CCN(CC(Cl)c1c(C)cc(OC)cc1C)c1ccccc1. The fraction of sp³-hybridized carbons (Fsp3) is 0.368. The molecule has 0 fully saturated rings. The lowest BCUT2D eigenvalue weighted by Crippen LogP contribution is -2.27. The van der Waals surface area contributed by atoms with Crippen LogP contribution in [-0.4, -0.2) is 20.2 Å². The van der Waals surface area contributed by atoms with Crippen molar-refractivity contribution >= 4 is 17.3 Å². The van der Waals surface area contributed by atoms with Crippen LogP contribution < -0.4 is 9.64 Å². The first-order valence-electron chi connectivity index (χ1n) is 7.66. The molecule has 3 heteroatoms. The minimum Gasteiger partial charge on any atom is -0.497 e. The van der Waals surface area contributed by atoms with Crippen molar-refractivity contribution in [1.82, 2.24) is 0 Å². The number of hydrogen-bond acceptors (Lipinski definition) is 2. The Labute approximate surface area is 138 Å². The standard InChI is InChI=1S/C19H24ClNO/c1-5-21(16-9-7-6-8-10-16)13-18(20)19-14(2)11-17(22-4)12-15(19)3/h6-12,18H,5,13H2,1-4H3. The Hall–Kier alpha value is -1.67. The zero-order chi connectivity index (χ0) is 16.1. The van der Waals surface area contributed by atoms with Crippen LogP contribution in [-0.2, 0) is 0 Å². The molecule has 0 aromatic heterocycles. The fourth-order valence-corrected chi connectivity index (χ4v) is 3.40. The highest BCUT2D eigenvalue weighted by Gasteiger charge is 2.18. The van der Waals surface area contributed by atoms with Gasteiger partial charge in [-0.1, -0.05) is 18.2 Å². The molecule has 1 unspecified atom stereocenters. The van der Waals surface area contributed by atoms with Crippen molar-refractivity contribution < 1.29 is 4.74 Å². The van der Waals surface area contributed by atoms with Crippen molar-refractivity contribution in [3.8, 4) is 5.75 Å². The number of nitrogens with zero attached hydrogens (tertiary/aromatic N) is 1. The highest BCUT2D eigenvalue weighted by molar-refractivity contribution is 6.21. The van der Waals surface area contributed by atoms with Crippen LogP contribution in [0.1, 0.15) is 29.0 Å². The summed E-state index contributed by atoms with van der Waals surface area (Å²) in [6, 6.07) is 14.5. The summed E-state index contributed by atoms with van der Waals surface area (Å²) in [5.41, 5.74) is 4.78. The molecule has 0 spiro atoms. The lowest BCUT2D eigenvalue weighted by molar-refractivity contribution is 0.414. The Morgan fingerprint density at radius 2 is 1.68 bits per heavy atom. The molecule has 0 N–H and O–H groups in total. The van der Waals surface area contributed by atoms with Crippen molar-refractivity contribution in [2.45, 2.75) is 26.1 Å². The van der Waals surface area contributed by atoms with E-state index >= 15 is 0 Å². The van der Waals surface area contributed by atoms with Crippen molar-refractivity contribution in [3.05, 3.63) is 59.2 Å². The Morgan fingerprint density at radius 1 is 1.09 bits per heavy atom. The second-order valence-corrected chi connectivity index (χ2v) is 6.04. The van der Waals surface area contributed by atoms with E-state index in [-0.39, 0.29) is 5.38 Å². The molecule has 0 aliphatic carbocycles. The number of methoxy groups -OCH3 is 1. The van der Waals surface area contributed by atoms with Gasteiger partial charge < -0.3 is 9.64 Å². The first-order chi connectivity index (χ1) is 10.6. The molecule has 22 heavy (non-hydrogen) atoms. The van der Waals surface area contributed by atoms with E-state index in [1.54, 1.807) is 7.11 Å². The summed E-state index contributed by atoms with van der Waals surface area (Å²) in [6.07, 6.45) is 0. The predicted molar refractivity (Wildman–Crippen MR) is 95.4 cm³/mol. The second kappa shape index (κ2) is 7.55. The average molecular weight is 318 g/mol. The number of rotatable bonds is 6. The highest BCUT2D eigenvalue weighted by Crippen LogP contribution is 2.32. The van der Waals surface area contributed by atoms with Crippen LogP contribution in [0, 0.1) is 13.8 Å². The van der Waals surface area contributed by atoms with Gasteiger partial charge in [-0.2, -0.15) is 0 Å². The molecule has 0 saturated heterocycles. The molecular formula is C19H24ClNO. The Balaban J connectivity index is 2.23. The van der Waals surface area contributed by atoms with Gasteiger partial charge >= 0.3 is 0 Å². The van der Waals surface area contributed by atoms with Crippen LogP contribution >= 0.6 is 11.6 Å². The number of para-hydroxylation sites is 1. The fourth-order valence-electron chi connectivity index (χ4n) is 2.89. The number of alkyl halides is 1. The van der Waals surface area contributed by atoms with E-state index in [0.29, 0.717) is 0 Å². The molecule has 2 nitrogen and oxygen atoms in total. The van der Waals surface area contributed by atoms with E-state index in [2.05, 4.69) is 62.1 Å². The van der Waals surface area contributed by atoms with Crippen molar-refractivity contribution in [2.24, 2.45) is 0 Å². The van der Waals surface area contributed by atoms with Gasteiger partial charge in [0.2, 0.25) is 0 Å². The lowest BCUT2D eigenvalue weighted by Gasteiger charge is -2.27. The van der Waals surface area contributed by atoms with Crippen LogP contribution in [0.25, 0.3) is 0 Å². The van der Waals surface area contributed by atoms with Crippen LogP contribution in [0.4, 0.5) is 5.69 Å². The first kappa shape index (κ1) is 16.7. The molecule has 118 valence electrons. The van der Waals surface area contributed by atoms with Gasteiger partial charge in [0, 0.05) is 18.8 Å². The third-order valence-corrected chi connectivity index (χ3v) is 4.36. The first-order valence-corrected chi connectivity index (χ1v) is 8.09. The summed E-state index contributed by atoms with van der Waals surface area (Å²) < 4.78 is 5.33. The Kier molecular flexibility index (Phi) is 5.73. The highest BCUT2D eigenvalue weighted by atomic mass is 35.5. The minimum absolute atomic E-state index is 0.0499. The van der Waals surface area contributed by atoms with Crippen molar-refractivity contribution in [3.63, 3.8) is 0 Å². The van der Waals surface area contributed by atoms with Crippen LogP contribution in [0.3, 0.4) is 0 Å². The Morgan fingerprint density at radius 3 is 2.18 bits per heavy atom. The normalized spacial score (nSPS) is 12.0. The van der Waals surface area contributed by atoms with E-state index in [4.69, 9.17) is 16.3 Å². The van der Waals surface area contributed by atoms with Crippen molar-refractivity contribution in [1.29, 1.82) is 0 Å². The number of benzene rings is 2. The summed E-state index contributed by atoms with van der Waals surface area (Å²) in [5.74, 6) is 0.887. The predicted octanol–water partition coefficient (Wildman–Crippen LogP) is 5.12. The van der Waals surface area contributed by atoms with Gasteiger partial charge in [0.15, 0.2) is 0 Å². The van der Waals surface area contributed by atoms with E-state index in [0.717, 1.165) is 18.8 Å². The molecule has 1 atom stereocenters. The zero-order valence-electron chi connectivity index (χ0n) is 13.8. The number of ether oxygens (including phenoxy) is 1. The number of hydrogen-bond donors (Lipinski definition) is 0. The summed E-state index contributed by atoms with van der Waals surface area (Å²) >= 11 is 6.75. The van der Waals surface area contributed by atoms with Gasteiger partial charge in [-0.05, 0) is 61.7 Å². The van der Waals surface area contributed by atoms with Crippen LogP contribution in [0.5, 0.6) is 5.75 Å². The lowest BCUT2D eigenvalue weighted by atomic mass is 9.98. The molecule has 0 radical (unpaired) electrons. The number of likely N-dealkylation sites (N-methyl/N-ethyl adjacent to an activating group) is 1. The smallest absolute Gasteiger partial charge is 0.119 e. The molecule has 0 heterocycles. The van der Waals surface area contributed by atoms with E-state index in [1.165, 1.54) is 22.4 Å². The van der Waals surface area contributed by atoms with Crippen LogP contribution in [0.2, 0.25) is 0 Å². The summed E-state index contributed by atoms with van der Waals surface area (Å²) in [7, 11) is 1.69. The van der Waals surface area contributed by atoms with Gasteiger partial charge in [-0.3, -0.25) is 0 Å². The van der Waals surface area contributed by atoms with Gasteiger partial charge in [0.05, 0.1) is 12.5 Å². The third kappa shape index (κ3) is 3.75. The monoisotopic (exact) mass is 317 g/mol. The topological polar surface area (TPSA) is 12.5 Å². The summed E-state index contributed by atoms with van der Waals surface area (Å²) in [4.78, 5) is 2.31. The van der Waals surface area contributed by atoms with E-state index in [1.807, 2.05) is 6.07 Å². The summed E-state index contributed by atoms with van der Waals surface area (Å²) in [5, 5.41) is -0.0499. The maximum absolute atomic E-state index is 6.75. The molecule has 0 saturated carbocycles. The average Bonchev–Trinajstić information content (AvgIpc) is 2.52. The summed E-state index contributed by atoms with van der Waals surface area (Å²) in [6.45, 7) is 8.07. The largest absolute Gasteiger partial charge is 0.497 e. The molecule has 2 rings (SSSR count). The van der Waals surface area contributed by atoms with Gasteiger partial charge in [0.25, 0.3) is 0 Å². The third-order valence-electron chi connectivity index (χ3n) is 4.00. The van der Waals surface area contributed by atoms with Crippen molar-refractivity contribution in [2.75, 3.05) is 25.1 Å². The number of anilines is 1. The van der Waals surface area contributed by atoms with E-state index < -0.39 is 0 Å². The van der Waals surface area contributed by atoms with Gasteiger partial charge in [-0.15, -0.1) is 11.6 Å². The maximum Gasteiger partial charge on any atom is 0.119 e. The Bertz CT molecular complexity index is 589. The van der Waals surface area contributed by atoms with Crippen LogP contribution in [0.15, 0.2) is 42.5 Å². The quantitative estimate of drug-likeness (QED) is 0.686. The molecule has 0 aliphatic rings. The number of aryl methyl sites for hydroxylation is 2. The maximum atomic E-state index is 6.75. The minimum atomic E-state index is -0.0499. The molecule has 0 amide bonds. The second-order valence-electron chi connectivity index (χ2n) is 5.52. The van der Waals surface area contributed by atoms with Gasteiger partial charge in [0.1, 0.15) is 5.75 Å².